The number of aromatic nitrogens is 2. The summed E-state index contributed by atoms with van der Waals surface area (Å²) in [4.78, 5) is 53.5. The van der Waals surface area contributed by atoms with Gasteiger partial charge in [-0.1, -0.05) is 18.2 Å². The molecule has 11 nitrogen and oxygen atoms in total. The molecule has 0 radical (unpaired) electrons. The Morgan fingerprint density at radius 2 is 1.97 bits per heavy atom. The first-order valence-electron chi connectivity index (χ1n) is 12.4. The van der Waals surface area contributed by atoms with Gasteiger partial charge in [-0.3, -0.25) is 9.32 Å². The third-order valence-corrected chi connectivity index (χ3v) is 7.98. The van der Waals surface area contributed by atoms with Crippen LogP contribution in [0, 0.1) is 0 Å². The van der Waals surface area contributed by atoms with Crippen LogP contribution in [0.5, 0.6) is 0 Å². The van der Waals surface area contributed by atoms with Crippen molar-refractivity contribution in [1.82, 2.24) is 10.2 Å². The third kappa shape index (κ3) is 6.53. The lowest BCUT2D eigenvalue weighted by Crippen LogP contribution is -2.39. The van der Waals surface area contributed by atoms with Gasteiger partial charge in [0.05, 0.1) is 24.0 Å². The fourth-order valence-corrected chi connectivity index (χ4v) is 6.08. The van der Waals surface area contributed by atoms with Crippen molar-refractivity contribution in [2.75, 3.05) is 18.5 Å². The van der Waals surface area contributed by atoms with E-state index in [0.29, 0.717) is 29.2 Å². The molecule has 0 aliphatic carbocycles. The second-order valence-corrected chi connectivity index (χ2v) is 12.2. The molecule has 0 spiro atoms. The van der Waals surface area contributed by atoms with E-state index in [1.165, 1.54) is 16.0 Å². The molecule has 2 aromatic heterocycles. The number of rotatable bonds is 7. The Balaban J connectivity index is 1.55. The molecule has 208 valence electrons. The van der Waals surface area contributed by atoms with Crippen LogP contribution in [0.15, 0.2) is 44.7 Å². The highest BCUT2D eigenvalue weighted by Crippen LogP contribution is 2.38. The van der Waals surface area contributed by atoms with Crippen molar-refractivity contribution in [3.63, 3.8) is 0 Å². The van der Waals surface area contributed by atoms with Gasteiger partial charge < -0.3 is 19.7 Å². The molecule has 0 fully saturated rings. The van der Waals surface area contributed by atoms with Gasteiger partial charge in [-0.05, 0) is 68.3 Å². The van der Waals surface area contributed by atoms with E-state index in [1.54, 1.807) is 51.7 Å². The molecule has 1 aromatic carbocycles. The number of ether oxygens (including phenoxy) is 2. The fraction of sp³-hybridized carbons (Fsp3) is 0.423. The highest BCUT2D eigenvalue weighted by atomic mass is 32.2. The number of amides is 2. The quantitative estimate of drug-likeness (QED) is 0.246. The molecule has 39 heavy (non-hydrogen) atoms. The summed E-state index contributed by atoms with van der Waals surface area (Å²) in [6.45, 7) is 9.57. The largest absolute Gasteiger partial charge is 0.462 e. The number of aromatic amines is 1. The van der Waals surface area contributed by atoms with Crippen LogP contribution < -0.4 is 15.6 Å². The predicted octanol–water partition coefficient (Wildman–Crippen LogP) is 3.90. The summed E-state index contributed by atoms with van der Waals surface area (Å²) < 4.78 is 17.2. The van der Waals surface area contributed by atoms with E-state index < -0.39 is 34.4 Å². The number of nitrogens with one attached hydrogen (secondary N) is 2. The minimum atomic E-state index is -0.717. The summed E-state index contributed by atoms with van der Waals surface area (Å²) in [6.07, 6.45) is -0.0205. The number of thioether (sulfide) groups is 1. The van der Waals surface area contributed by atoms with Crippen molar-refractivity contribution in [3.8, 4) is 5.69 Å². The van der Waals surface area contributed by atoms with E-state index >= 15 is 0 Å². The Morgan fingerprint density at radius 3 is 2.64 bits per heavy atom. The first-order chi connectivity index (χ1) is 18.5. The summed E-state index contributed by atoms with van der Waals surface area (Å²) in [5.74, 6) is -0.946. The number of hydrogen-bond donors (Lipinski definition) is 2. The van der Waals surface area contributed by atoms with Crippen LogP contribution in [0.25, 0.3) is 5.69 Å². The number of carbonyl (C=O) groups excluding carboxylic acids is 3. The predicted molar refractivity (Wildman–Crippen MR) is 145 cm³/mol. The summed E-state index contributed by atoms with van der Waals surface area (Å²) in [6, 6.07) is 9.07. The van der Waals surface area contributed by atoms with Gasteiger partial charge in [0.15, 0.2) is 0 Å². The second-order valence-electron chi connectivity index (χ2n) is 9.79. The highest BCUT2D eigenvalue weighted by Gasteiger charge is 2.34. The maximum absolute atomic E-state index is 13.3. The number of esters is 1. The Morgan fingerprint density at radius 1 is 1.26 bits per heavy atom. The van der Waals surface area contributed by atoms with E-state index in [2.05, 4.69) is 10.6 Å². The lowest BCUT2D eigenvalue weighted by Gasteiger charge is -2.30. The van der Waals surface area contributed by atoms with Crippen LogP contribution in [0.1, 0.15) is 55.4 Å². The van der Waals surface area contributed by atoms with Gasteiger partial charge in [0.1, 0.15) is 10.6 Å². The van der Waals surface area contributed by atoms with Gasteiger partial charge in [0.25, 0.3) is 0 Å². The van der Waals surface area contributed by atoms with Crippen LogP contribution in [-0.4, -0.2) is 52.1 Å². The van der Waals surface area contributed by atoms with Crippen LogP contribution in [0.4, 0.5) is 9.80 Å². The van der Waals surface area contributed by atoms with Crippen molar-refractivity contribution in [1.29, 1.82) is 0 Å². The van der Waals surface area contributed by atoms with Crippen molar-refractivity contribution in [2.24, 2.45) is 0 Å². The molecule has 4 rings (SSSR count). The summed E-state index contributed by atoms with van der Waals surface area (Å²) in [5.41, 5.74) is 0.479. The molecular formula is C26H31N4O7S2+. The molecule has 0 saturated heterocycles. The maximum atomic E-state index is 13.3. The number of H-pyrrole nitrogens is 1. The first kappa shape index (κ1) is 28.4. The molecule has 3 heterocycles. The Labute approximate surface area is 233 Å². The maximum Gasteiger partial charge on any atom is 0.442 e. The van der Waals surface area contributed by atoms with Gasteiger partial charge in [-0.2, -0.15) is 0 Å². The molecule has 0 bridgehead atoms. The lowest BCUT2D eigenvalue weighted by atomic mass is 10.0. The molecule has 2 amide bonds. The zero-order chi connectivity index (χ0) is 28.3. The Kier molecular flexibility index (Phi) is 8.50. The van der Waals surface area contributed by atoms with E-state index in [9.17, 15) is 19.2 Å². The van der Waals surface area contributed by atoms with E-state index in [4.69, 9.17) is 14.0 Å². The monoisotopic (exact) mass is 575 g/mol. The molecular weight excluding hydrogens is 544 g/mol. The topological polar surface area (TPSA) is 135 Å². The van der Waals surface area contributed by atoms with Crippen LogP contribution in [0.2, 0.25) is 0 Å². The number of carbonyl (C=O) groups is 3. The minimum Gasteiger partial charge on any atom is -0.462 e. The molecule has 1 aliphatic heterocycles. The second kappa shape index (κ2) is 11.7. The lowest BCUT2D eigenvalue weighted by molar-refractivity contribution is -0.704. The normalized spacial score (nSPS) is 13.9. The summed E-state index contributed by atoms with van der Waals surface area (Å²) in [5, 5.41) is 5.24. The van der Waals surface area contributed by atoms with Gasteiger partial charge in [-0.25, -0.2) is 14.4 Å². The van der Waals surface area contributed by atoms with Crippen LogP contribution >= 0.6 is 23.1 Å². The number of hydrogen-bond acceptors (Lipinski definition) is 9. The minimum absolute atomic E-state index is 0.176. The molecule has 3 aromatic rings. The Bertz CT molecular complexity index is 1420. The van der Waals surface area contributed by atoms with Crippen molar-refractivity contribution < 1.29 is 33.1 Å². The van der Waals surface area contributed by atoms with Crippen molar-refractivity contribution in [2.45, 2.75) is 63.5 Å². The van der Waals surface area contributed by atoms with E-state index in [1.807, 2.05) is 18.2 Å². The van der Waals surface area contributed by atoms with Gasteiger partial charge in [0, 0.05) is 23.6 Å². The average molecular weight is 576 g/mol. The van der Waals surface area contributed by atoms with Crippen molar-refractivity contribution >= 4 is 46.1 Å². The zero-order valence-corrected chi connectivity index (χ0v) is 24.0. The zero-order valence-electron chi connectivity index (χ0n) is 22.4. The number of para-hydroxylation sites is 1. The summed E-state index contributed by atoms with van der Waals surface area (Å²) >= 11 is 2.26. The number of thiophene rings is 1. The van der Waals surface area contributed by atoms with Crippen LogP contribution in [-0.2, 0) is 27.2 Å². The fourth-order valence-electron chi connectivity index (χ4n) is 3.94. The molecule has 1 unspecified atom stereocenters. The van der Waals surface area contributed by atoms with E-state index in [0.717, 1.165) is 22.2 Å². The standard InChI is InChI=1S/C26H30N4O7S2/c1-6-35-23(32)19-17-12-13-29(25(34)36-26(3,4)5)14-18(17)39-21(19)27-20(31)15(2)38-22-24(33)37-28-30(22)16-10-8-7-9-11-16/h7-11,15H,6,12-14H2,1-5H3,(H-,27,28,31,32,33)/p+1. The third-order valence-electron chi connectivity index (χ3n) is 5.70. The molecule has 1 atom stereocenters. The highest BCUT2D eigenvalue weighted by molar-refractivity contribution is 8.00. The van der Waals surface area contributed by atoms with Gasteiger partial charge in [0.2, 0.25) is 11.6 Å². The van der Waals surface area contributed by atoms with E-state index in [-0.39, 0.29) is 18.2 Å². The number of benzene rings is 1. The van der Waals surface area contributed by atoms with Gasteiger partial charge >= 0.3 is 22.7 Å². The molecule has 0 saturated carbocycles. The van der Waals surface area contributed by atoms with Crippen LogP contribution in [0.3, 0.4) is 0 Å². The number of anilines is 1. The number of nitrogens with zero attached hydrogens (tertiary/aromatic N) is 2. The summed E-state index contributed by atoms with van der Waals surface area (Å²) in [7, 11) is 0. The van der Waals surface area contributed by atoms with Gasteiger partial charge in [-0.15, -0.1) is 11.3 Å². The first-order valence-corrected chi connectivity index (χ1v) is 14.1. The SMILES string of the molecule is CCOC(=O)c1c(NC(=O)C(C)Sc2c(=O)o[nH][n+]2-c2ccccc2)sc2c1CCN(C(=O)OC(C)(C)C)C2. The van der Waals surface area contributed by atoms with Crippen molar-refractivity contribution in [3.05, 3.63) is 56.8 Å². The smallest absolute Gasteiger partial charge is 0.442 e. The molecule has 13 heteroatoms. The molecule has 1 aliphatic rings. The molecule has 2 N–H and O–H groups in total. The average Bonchev–Trinajstić information content (AvgIpc) is 3.42. The number of fused-ring (bicyclic) bond motifs is 1. The Hall–Kier alpha value is -3.58.